The number of benzene rings is 1. The van der Waals surface area contributed by atoms with Gasteiger partial charge in [0, 0.05) is 18.4 Å². The van der Waals surface area contributed by atoms with Gasteiger partial charge in [0.1, 0.15) is 0 Å². The van der Waals surface area contributed by atoms with Gasteiger partial charge in [0.2, 0.25) is 5.91 Å². The minimum absolute atomic E-state index is 0.0411. The summed E-state index contributed by atoms with van der Waals surface area (Å²) < 4.78 is 0. The van der Waals surface area contributed by atoms with Gasteiger partial charge < -0.3 is 11.1 Å². The summed E-state index contributed by atoms with van der Waals surface area (Å²) in [7, 11) is 0. The van der Waals surface area contributed by atoms with E-state index >= 15 is 0 Å². The van der Waals surface area contributed by atoms with Gasteiger partial charge in [-0.2, -0.15) is 0 Å². The highest BCUT2D eigenvalue weighted by atomic mass is 16.1. The average molecular weight is 290 g/mol. The van der Waals surface area contributed by atoms with Crippen LogP contribution in [0.1, 0.15) is 57.1 Å². The summed E-state index contributed by atoms with van der Waals surface area (Å²) in [5.41, 5.74) is 7.99. The van der Waals surface area contributed by atoms with Crippen molar-refractivity contribution in [3.8, 4) is 0 Å². The molecule has 1 aromatic carbocycles. The van der Waals surface area contributed by atoms with Crippen LogP contribution in [-0.2, 0) is 10.2 Å². The summed E-state index contributed by atoms with van der Waals surface area (Å²) in [5, 5.41) is 3.08. The van der Waals surface area contributed by atoms with Gasteiger partial charge in [-0.25, -0.2) is 0 Å². The standard InChI is InChI=1S/C18H30N2O/c1-15-10-7-8-11-16(15)18(2,3)14-20-17(21)12-6-4-5-9-13-19/h7-8,10-11H,4-6,9,12-14,19H2,1-3H3,(H,20,21). The lowest BCUT2D eigenvalue weighted by molar-refractivity contribution is -0.121. The van der Waals surface area contributed by atoms with Crippen LogP contribution in [0.15, 0.2) is 24.3 Å². The molecular weight excluding hydrogens is 260 g/mol. The maximum absolute atomic E-state index is 11.9. The molecule has 1 aromatic rings. The highest BCUT2D eigenvalue weighted by molar-refractivity contribution is 5.75. The molecular formula is C18H30N2O. The summed E-state index contributed by atoms with van der Waals surface area (Å²) in [6, 6.07) is 8.38. The molecule has 0 aromatic heterocycles. The summed E-state index contributed by atoms with van der Waals surface area (Å²) in [6.45, 7) is 7.90. The maximum atomic E-state index is 11.9. The molecule has 0 saturated heterocycles. The van der Waals surface area contributed by atoms with Crippen molar-refractivity contribution in [2.24, 2.45) is 5.73 Å². The third-order valence-corrected chi connectivity index (χ3v) is 3.96. The van der Waals surface area contributed by atoms with Crippen molar-refractivity contribution < 1.29 is 4.79 Å². The molecule has 118 valence electrons. The van der Waals surface area contributed by atoms with E-state index in [4.69, 9.17) is 5.73 Å². The number of unbranched alkanes of at least 4 members (excludes halogenated alkanes) is 3. The molecule has 0 spiro atoms. The average Bonchev–Trinajstić information content (AvgIpc) is 2.45. The number of carbonyl (C=O) groups excluding carboxylic acids is 1. The third kappa shape index (κ3) is 6.30. The number of nitrogens with two attached hydrogens (primary N) is 1. The maximum Gasteiger partial charge on any atom is 0.220 e. The normalized spacial score (nSPS) is 11.4. The Morgan fingerprint density at radius 2 is 1.81 bits per heavy atom. The number of amides is 1. The zero-order valence-corrected chi connectivity index (χ0v) is 13.7. The van der Waals surface area contributed by atoms with Crippen molar-refractivity contribution in [3.05, 3.63) is 35.4 Å². The highest BCUT2D eigenvalue weighted by Crippen LogP contribution is 2.25. The van der Waals surface area contributed by atoms with Crippen LogP contribution in [0.25, 0.3) is 0 Å². The predicted octanol–water partition coefficient (Wildman–Crippen LogP) is 3.30. The lowest BCUT2D eigenvalue weighted by Crippen LogP contribution is -2.37. The second-order valence-corrected chi connectivity index (χ2v) is 6.43. The van der Waals surface area contributed by atoms with Gasteiger partial charge in [-0.05, 0) is 37.4 Å². The molecule has 0 unspecified atom stereocenters. The Morgan fingerprint density at radius 3 is 2.48 bits per heavy atom. The number of hydrogen-bond acceptors (Lipinski definition) is 2. The minimum atomic E-state index is -0.0411. The SMILES string of the molecule is Cc1ccccc1C(C)(C)CNC(=O)CCCCCCN. The monoisotopic (exact) mass is 290 g/mol. The second-order valence-electron chi connectivity index (χ2n) is 6.43. The van der Waals surface area contributed by atoms with Crippen LogP contribution >= 0.6 is 0 Å². The van der Waals surface area contributed by atoms with Crippen LogP contribution in [0, 0.1) is 6.92 Å². The Labute approximate surface area is 129 Å². The van der Waals surface area contributed by atoms with E-state index in [1.54, 1.807) is 0 Å². The molecule has 0 heterocycles. The molecule has 0 aliphatic rings. The number of rotatable bonds is 9. The fourth-order valence-electron chi connectivity index (χ4n) is 2.62. The van der Waals surface area contributed by atoms with E-state index in [0.717, 1.165) is 32.2 Å². The van der Waals surface area contributed by atoms with E-state index < -0.39 is 0 Å². The quantitative estimate of drug-likeness (QED) is 0.686. The van der Waals surface area contributed by atoms with Crippen molar-refractivity contribution in [1.82, 2.24) is 5.32 Å². The van der Waals surface area contributed by atoms with Gasteiger partial charge in [-0.15, -0.1) is 0 Å². The molecule has 1 amide bonds. The molecule has 3 N–H and O–H groups in total. The summed E-state index contributed by atoms with van der Waals surface area (Å²) in [5.74, 6) is 0.157. The summed E-state index contributed by atoms with van der Waals surface area (Å²) in [4.78, 5) is 11.9. The van der Waals surface area contributed by atoms with Gasteiger partial charge in [-0.3, -0.25) is 4.79 Å². The van der Waals surface area contributed by atoms with E-state index in [1.807, 2.05) is 0 Å². The molecule has 0 bridgehead atoms. The lowest BCUT2D eigenvalue weighted by atomic mass is 9.82. The number of aryl methyl sites for hydroxylation is 1. The van der Waals surface area contributed by atoms with Crippen molar-refractivity contribution in [2.75, 3.05) is 13.1 Å². The molecule has 21 heavy (non-hydrogen) atoms. The van der Waals surface area contributed by atoms with E-state index in [2.05, 4.69) is 50.4 Å². The van der Waals surface area contributed by atoms with E-state index in [9.17, 15) is 4.79 Å². The van der Waals surface area contributed by atoms with Crippen LogP contribution in [0.5, 0.6) is 0 Å². The number of nitrogens with one attached hydrogen (secondary N) is 1. The molecule has 0 radical (unpaired) electrons. The lowest BCUT2D eigenvalue weighted by Gasteiger charge is -2.27. The molecule has 3 heteroatoms. The first kappa shape index (κ1) is 17.7. The smallest absolute Gasteiger partial charge is 0.220 e. The van der Waals surface area contributed by atoms with Gasteiger partial charge in [0.15, 0.2) is 0 Å². The van der Waals surface area contributed by atoms with Crippen LogP contribution in [-0.4, -0.2) is 19.0 Å². The van der Waals surface area contributed by atoms with Gasteiger partial charge in [0.05, 0.1) is 0 Å². The Morgan fingerprint density at radius 1 is 1.14 bits per heavy atom. The first-order valence-corrected chi connectivity index (χ1v) is 8.00. The molecule has 0 fully saturated rings. The van der Waals surface area contributed by atoms with Gasteiger partial charge >= 0.3 is 0 Å². The van der Waals surface area contributed by atoms with Crippen molar-refractivity contribution in [3.63, 3.8) is 0 Å². The van der Waals surface area contributed by atoms with Gasteiger partial charge in [-0.1, -0.05) is 51.0 Å². The molecule has 0 aliphatic carbocycles. The van der Waals surface area contributed by atoms with Crippen LogP contribution in [0.3, 0.4) is 0 Å². The Kier molecular flexibility index (Phi) is 7.44. The third-order valence-electron chi connectivity index (χ3n) is 3.96. The highest BCUT2D eigenvalue weighted by Gasteiger charge is 2.22. The van der Waals surface area contributed by atoms with E-state index in [0.29, 0.717) is 13.0 Å². The largest absolute Gasteiger partial charge is 0.355 e. The predicted molar refractivity (Wildman–Crippen MR) is 89.4 cm³/mol. The Hall–Kier alpha value is -1.35. The minimum Gasteiger partial charge on any atom is -0.355 e. The van der Waals surface area contributed by atoms with Crippen molar-refractivity contribution >= 4 is 5.91 Å². The zero-order chi connectivity index (χ0) is 15.7. The second kappa shape index (κ2) is 8.83. The molecule has 0 aliphatic heterocycles. The van der Waals surface area contributed by atoms with E-state index in [-0.39, 0.29) is 11.3 Å². The summed E-state index contributed by atoms with van der Waals surface area (Å²) >= 11 is 0. The molecule has 0 saturated carbocycles. The van der Waals surface area contributed by atoms with Crippen molar-refractivity contribution in [1.29, 1.82) is 0 Å². The fourth-order valence-corrected chi connectivity index (χ4v) is 2.62. The van der Waals surface area contributed by atoms with E-state index in [1.165, 1.54) is 11.1 Å². The first-order chi connectivity index (χ1) is 9.97. The van der Waals surface area contributed by atoms with Crippen LogP contribution < -0.4 is 11.1 Å². The number of carbonyl (C=O) groups is 1. The molecule has 0 atom stereocenters. The van der Waals surface area contributed by atoms with Crippen LogP contribution in [0.2, 0.25) is 0 Å². The van der Waals surface area contributed by atoms with Crippen molar-refractivity contribution in [2.45, 2.75) is 58.3 Å². The molecule has 3 nitrogen and oxygen atoms in total. The Bertz CT molecular complexity index is 441. The molecule has 1 rings (SSSR count). The van der Waals surface area contributed by atoms with Crippen LogP contribution in [0.4, 0.5) is 0 Å². The summed E-state index contributed by atoms with van der Waals surface area (Å²) in [6.07, 6.45) is 4.84. The Balaban J connectivity index is 2.36. The first-order valence-electron chi connectivity index (χ1n) is 8.00. The number of hydrogen-bond donors (Lipinski definition) is 2. The fraction of sp³-hybridized carbons (Fsp3) is 0.611. The van der Waals surface area contributed by atoms with Gasteiger partial charge in [0.25, 0.3) is 0 Å². The topological polar surface area (TPSA) is 55.1 Å². The zero-order valence-electron chi connectivity index (χ0n) is 13.7.